The normalized spacial score (nSPS) is 16.5. The Morgan fingerprint density at radius 3 is 2.48 bits per heavy atom. The fourth-order valence-electron chi connectivity index (χ4n) is 3.19. The van der Waals surface area contributed by atoms with Crippen molar-refractivity contribution in [3.63, 3.8) is 0 Å². The van der Waals surface area contributed by atoms with Crippen LogP contribution in [0.5, 0.6) is 11.5 Å². The second-order valence-electron chi connectivity index (χ2n) is 6.66. The molecule has 0 atom stereocenters. The lowest BCUT2D eigenvalue weighted by atomic mass is 10.2. The zero-order chi connectivity index (χ0) is 20.4. The van der Waals surface area contributed by atoms with Crippen molar-refractivity contribution in [2.24, 2.45) is 0 Å². The molecule has 1 saturated heterocycles. The van der Waals surface area contributed by atoms with E-state index >= 15 is 0 Å². The van der Waals surface area contributed by atoms with E-state index in [-0.39, 0.29) is 12.7 Å². The van der Waals surface area contributed by atoms with Gasteiger partial charge in [-0.3, -0.25) is 4.79 Å². The Balaban J connectivity index is 1.32. The number of carbonyl (C=O) groups is 1. The molecule has 0 bridgehead atoms. The summed E-state index contributed by atoms with van der Waals surface area (Å²) in [5.74, 6) is 1.68. The number of piperazine rings is 1. The van der Waals surface area contributed by atoms with Crippen LogP contribution in [0.3, 0.4) is 0 Å². The van der Waals surface area contributed by atoms with Crippen molar-refractivity contribution in [3.05, 3.63) is 53.7 Å². The molecule has 2 aromatic rings. The lowest BCUT2D eigenvalue weighted by Gasteiger charge is -2.35. The highest BCUT2D eigenvalue weighted by Crippen LogP contribution is 2.33. The van der Waals surface area contributed by atoms with Crippen LogP contribution in [0.2, 0.25) is 0 Å². The summed E-state index contributed by atoms with van der Waals surface area (Å²) in [6.45, 7) is 2.13. The van der Waals surface area contributed by atoms with E-state index in [1.54, 1.807) is 23.1 Å². The van der Waals surface area contributed by atoms with Crippen molar-refractivity contribution in [2.45, 2.75) is 6.18 Å². The van der Waals surface area contributed by atoms with Crippen molar-refractivity contribution in [3.8, 4) is 11.5 Å². The number of benzene rings is 1. The number of aromatic nitrogens is 1. The largest absolute Gasteiger partial charge is 0.454 e. The highest BCUT2D eigenvalue weighted by atomic mass is 19.4. The molecular formula is C20H18F3N3O3. The van der Waals surface area contributed by atoms with Crippen molar-refractivity contribution in [1.29, 1.82) is 0 Å². The number of ether oxygens (including phenoxy) is 2. The molecule has 0 saturated carbocycles. The second-order valence-corrected chi connectivity index (χ2v) is 6.66. The SMILES string of the molecule is O=C(/C=C/c1ccc2c(c1)OCO2)N1CCN(c2ccc(C(F)(F)F)cn2)CC1. The molecule has 1 aromatic carbocycles. The van der Waals surface area contributed by atoms with E-state index in [4.69, 9.17) is 9.47 Å². The number of pyridine rings is 1. The van der Waals surface area contributed by atoms with E-state index in [0.717, 1.165) is 17.8 Å². The molecule has 152 valence electrons. The predicted molar refractivity (Wildman–Crippen MR) is 99.6 cm³/mol. The van der Waals surface area contributed by atoms with Crippen LogP contribution >= 0.6 is 0 Å². The molecule has 0 N–H and O–H groups in total. The first-order valence-electron chi connectivity index (χ1n) is 9.05. The van der Waals surface area contributed by atoms with Gasteiger partial charge >= 0.3 is 6.18 Å². The van der Waals surface area contributed by atoms with Crippen molar-refractivity contribution >= 4 is 17.8 Å². The number of halogens is 3. The van der Waals surface area contributed by atoms with E-state index < -0.39 is 11.7 Å². The van der Waals surface area contributed by atoms with Crippen LogP contribution in [0.15, 0.2) is 42.6 Å². The second kappa shape index (κ2) is 7.65. The van der Waals surface area contributed by atoms with Gasteiger partial charge in [-0.1, -0.05) is 6.07 Å². The van der Waals surface area contributed by atoms with E-state index in [9.17, 15) is 18.0 Å². The van der Waals surface area contributed by atoms with E-state index in [1.807, 2.05) is 11.0 Å². The van der Waals surface area contributed by atoms with Crippen LogP contribution in [0.25, 0.3) is 6.08 Å². The molecule has 9 heteroatoms. The van der Waals surface area contributed by atoms with Gasteiger partial charge in [0.05, 0.1) is 5.56 Å². The van der Waals surface area contributed by atoms with Gasteiger partial charge in [0.1, 0.15) is 5.82 Å². The number of anilines is 1. The predicted octanol–water partition coefficient (Wildman–Crippen LogP) is 3.19. The zero-order valence-corrected chi connectivity index (χ0v) is 15.4. The summed E-state index contributed by atoms with van der Waals surface area (Å²) in [5.41, 5.74) is 0.0545. The van der Waals surface area contributed by atoms with Gasteiger partial charge in [0.25, 0.3) is 0 Å². The first-order valence-corrected chi connectivity index (χ1v) is 9.05. The minimum atomic E-state index is -4.40. The zero-order valence-electron chi connectivity index (χ0n) is 15.4. The molecule has 1 amide bonds. The minimum Gasteiger partial charge on any atom is -0.454 e. The van der Waals surface area contributed by atoms with Crippen LogP contribution in [-0.2, 0) is 11.0 Å². The van der Waals surface area contributed by atoms with Crippen LogP contribution in [0.4, 0.5) is 19.0 Å². The van der Waals surface area contributed by atoms with Gasteiger partial charge in [-0.25, -0.2) is 4.98 Å². The molecule has 0 spiro atoms. The Morgan fingerprint density at radius 1 is 1.03 bits per heavy atom. The number of alkyl halides is 3. The third-order valence-electron chi connectivity index (χ3n) is 4.81. The number of hydrogen-bond acceptors (Lipinski definition) is 5. The average molecular weight is 405 g/mol. The summed E-state index contributed by atoms with van der Waals surface area (Å²) in [6.07, 6.45) is -0.348. The van der Waals surface area contributed by atoms with Gasteiger partial charge in [-0.15, -0.1) is 0 Å². The lowest BCUT2D eigenvalue weighted by Crippen LogP contribution is -2.48. The molecule has 3 heterocycles. The summed E-state index contributed by atoms with van der Waals surface area (Å²) in [6, 6.07) is 7.82. The van der Waals surface area contributed by atoms with Crippen molar-refractivity contribution in [1.82, 2.24) is 9.88 Å². The average Bonchev–Trinajstić information content (AvgIpc) is 3.19. The van der Waals surface area contributed by atoms with Gasteiger partial charge in [0, 0.05) is 38.5 Å². The summed E-state index contributed by atoms with van der Waals surface area (Å²) >= 11 is 0. The van der Waals surface area contributed by atoms with Crippen LogP contribution in [0.1, 0.15) is 11.1 Å². The van der Waals surface area contributed by atoms with Crippen LogP contribution in [0, 0.1) is 0 Å². The Morgan fingerprint density at radius 2 is 1.79 bits per heavy atom. The Kier molecular flexibility index (Phi) is 5.04. The topological polar surface area (TPSA) is 54.9 Å². The molecule has 6 nitrogen and oxygen atoms in total. The summed E-state index contributed by atoms with van der Waals surface area (Å²) < 4.78 is 48.5. The maximum absolute atomic E-state index is 12.6. The quantitative estimate of drug-likeness (QED) is 0.735. The summed E-state index contributed by atoms with van der Waals surface area (Å²) in [5, 5.41) is 0. The van der Waals surface area contributed by atoms with Gasteiger partial charge in [-0.2, -0.15) is 13.2 Å². The van der Waals surface area contributed by atoms with Gasteiger partial charge in [0.15, 0.2) is 11.5 Å². The van der Waals surface area contributed by atoms with E-state index in [2.05, 4.69) is 4.98 Å². The number of fused-ring (bicyclic) bond motifs is 1. The molecule has 1 fully saturated rings. The fraction of sp³-hybridized carbons (Fsp3) is 0.300. The Hall–Kier alpha value is -3.23. The van der Waals surface area contributed by atoms with Crippen LogP contribution in [-0.4, -0.2) is 48.8 Å². The molecule has 0 radical (unpaired) electrons. The number of carbonyl (C=O) groups excluding carboxylic acids is 1. The minimum absolute atomic E-state index is 0.123. The lowest BCUT2D eigenvalue weighted by molar-refractivity contribution is -0.137. The fourth-order valence-corrected chi connectivity index (χ4v) is 3.19. The molecule has 4 rings (SSSR count). The first-order chi connectivity index (χ1) is 13.9. The third-order valence-corrected chi connectivity index (χ3v) is 4.81. The monoisotopic (exact) mass is 405 g/mol. The van der Waals surface area contributed by atoms with E-state index in [1.165, 1.54) is 12.1 Å². The third kappa shape index (κ3) is 4.28. The van der Waals surface area contributed by atoms with Gasteiger partial charge < -0.3 is 19.3 Å². The summed E-state index contributed by atoms with van der Waals surface area (Å²) in [4.78, 5) is 19.9. The van der Waals surface area contributed by atoms with Gasteiger partial charge in [-0.05, 0) is 35.9 Å². The number of amides is 1. The molecule has 2 aliphatic heterocycles. The standard InChI is InChI=1S/C20H18F3N3O3/c21-20(22,23)15-3-5-18(24-12-15)25-7-9-26(10-8-25)19(27)6-2-14-1-4-16-17(11-14)29-13-28-16/h1-6,11-12H,7-10,13H2/b6-2+. The first kappa shape index (κ1) is 19.1. The molecular weight excluding hydrogens is 387 g/mol. The number of hydrogen-bond donors (Lipinski definition) is 0. The maximum Gasteiger partial charge on any atom is 0.417 e. The van der Waals surface area contributed by atoms with Crippen molar-refractivity contribution in [2.75, 3.05) is 37.9 Å². The highest BCUT2D eigenvalue weighted by Gasteiger charge is 2.31. The molecule has 2 aliphatic rings. The molecule has 29 heavy (non-hydrogen) atoms. The van der Waals surface area contributed by atoms with Crippen molar-refractivity contribution < 1.29 is 27.4 Å². The molecule has 0 unspecified atom stereocenters. The maximum atomic E-state index is 12.6. The number of nitrogens with zero attached hydrogens (tertiary/aromatic N) is 3. The van der Waals surface area contributed by atoms with Gasteiger partial charge in [0.2, 0.25) is 12.7 Å². The Labute approximate surface area is 165 Å². The molecule has 1 aromatic heterocycles. The molecule has 0 aliphatic carbocycles. The highest BCUT2D eigenvalue weighted by molar-refractivity contribution is 5.92. The number of rotatable bonds is 3. The van der Waals surface area contributed by atoms with E-state index in [0.29, 0.717) is 43.5 Å². The smallest absolute Gasteiger partial charge is 0.417 e. The van der Waals surface area contributed by atoms with Crippen LogP contribution < -0.4 is 14.4 Å². The summed E-state index contributed by atoms with van der Waals surface area (Å²) in [7, 11) is 0. The Bertz CT molecular complexity index is 921.